The fraction of sp³-hybridized carbons (Fsp3) is 0.615. The minimum absolute atomic E-state index is 0.120. The minimum Gasteiger partial charge on any atom is -0.456 e. The van der Waals surface area contributed by atoms with Crippen LogP contribution in [0.4, 0.5) is 0 Å². The Morgan fingerprint density at radius 1 is 1.47 bits per heavy atom. The quantitative estimate of drug-likeness (QED) is 0.869. The molecule has 1 aliphatic heterocycles. The van der Waals surface area contributed by atoms with E-state index in [4.69, 9.17) is 4.42 Å². The Morgan fingerprint density at radius 3 is 2.71 bits per heavy atom. The molecule has 1 amide bonds. The average molecular weight is 237 g/mol. The summed E-state index contributed by atoms with van der Waals surface area (Å²) in [6.45, 7) is 4.85. The smallest absolute Gasteiger partial charge is 0.289 e. The maximum atomic E-state index is 12.0. The van der Waals surface area contributed by atoms with E-state index in [9.17, 15) is 9.90 Å². The molecule has 4 heteroatoms. The molecule has 17 heavy (non-hydrogen) atoms. The van der Waals surface area contributed by atoms with Crippen LogP contribution in [-0.4, -0.2) is 34.6 Å². The number of aryl methyl sites for hydroxylation is 1. The summed E-state index contributed by atoms with van der Waals surface area (Å²) in [5.41, 5.74) is -0.676. The molecule has 94 valence electrons. The van der Waals surface area contributed by atoms with Crippen LogP contribution in [0.1, 0.15) is 43.0 Å². The summed E-state index contributed by atoms with van der Waals surface area (Å²) in [6.07, 6.45) is 2.46. The number of rotatable bonds is 4. The molecule has 1 aliphatic rings. The third-order valence-electron chi connectivity index (χ3n) is 3.19. The van der Waals surface area contributed by atoms with Crippen molar-refractivity contribution in [3.8, 4) is 0 Å². The third kappa shape index (κ3) is 2.36. The predicted molar refractivity (Wildman–Crippen MR) is 63.8 cm³/mol. The zero-order chi connectivity index (χ0) is 12.5. The standard InChI is InChI=1S/C13H19NO3/c1-3-7-13(16)8-14(9-13)12(15)11-6-5-10(4-2)17-11/h5-6,16H,3-4,7-9H2,1-2H3. The summed E-state index contributed by atoms with van der Waals surface area (Å²) in [7, 11) is 0. The monoisotopic (exact) mass is 237 g/mol. The van der Waals surface area contributed by atoms with E-state index in [2.05, 4.69) is 0 Å². The predicted octanol–water partition coefficient (Wildman–Crippen LogP) is 1.83. The van der Waals surface area contributed by atoms with Gasteiger partial charge in [0.2, 0.25) is 0 Å². The lowest BCUT2D eigenvalue weighted by atomic mass is 9.89. The van der Waals surface area contributed by atoms with Gasteiger partial charge in [0.25, 0.3) is 5.91 Å². The van der Waals surface area contributed by atoms with Crippen molar-refractivity contribution in [3.05, 3.63) is 23.7 Å². The highest BCUT2D eigenvalue weighted by molar-refractivity contribution is 5.92. The summed E-state index contributed by atoms with van der Waals surface area (Å²) in [5.74, 6) is 1.07. The second kappa shape index (κ2) is 4.53. The molecule has 0 unspecified atom stereocenters. The van der Waals surface area contributed by atoms with Crippen molar-refractivity contribution >= 4 is 5.91 Å². The number of furan rings is 1. The number of nitrogens with zero attached hydrogens (tertiary/aromatic N) is 1. The molecule has 0 saturated carbocycles. The maximum Gasteiger partial charge on any atom is 0.289 e. The van der Waals surface area contributed by atoms with E-state index in [1.165, 1.54) is 0 Å². The fourth-order valence-corrected chi connectivity index (χ4v) is 2.27. The molecule has 1 aromatic heterocycles. The Balaban J connectivity index is 1.95. The molecule has 1 N–H and O–H groups in total. The SMILES string of the molecule is CCCC1(O)CN(C(=O)c2ccc(CC)o2)C1. The zero-order valence-electron chi connectivity index (χ0n) is 10.4. The van der Waals surface area contributed by atoms with Crippen LogP contribution in [0.5, 0.6) is 0 Å². The highest BCUT2D eigenvalue weighted by Crippen LogP contribution is 2.27. The highest BCUT2D eigenvalue weighted by atomic mass is 16.4. The van der Waals surface area contributed by atoms with Crippen LogP contribution in [0.3, 0.4) is 0 Å². The van der Waals surface area contributed by atoms with Gasteiger partial charge >= 0.3 is 0 Å². The van der Waals surface area contributed by atoms with Gasteiger partial charge in [0.15, 0.2) is 5.76 Å². The maximum absolute atomic E-state index is 12.0. The van der Waals surface area contributed by atoms with Crippen LogP contribution in [0.25, 0.3) is 0 Å². The summed E-state index contributed by atoms with van der Waals surface area (Å²) in [5, 5.41) is 10.0. The zero-order valence-corrected chi connectivity index (χ0v) is 10.4. The first-order valence-corrected chi connectivity index (χ1v) is 6.18. The van der Waals surface area contributed by atoms with Crippen LogP contribution < -0.4 is 0 Å². The summed E-state index contributed by atoms with van der Waals surface area (Å²) in [4.78, 5) is 13.6. The highest BCUT2D eigenvalue weighted by Gasteiger charge is 2.43. The molecule has 2 heterocycles. The molecule has 0 radical (unpaired) electrons. The van der Waals surface area contributed by atoms with Crippen LogP contribution in [-0.2, 0) is 6.42 Å². The topological polar surface area (TPSA) is 53.7 Å². The molecule has 1 aromatic rings. The third-order valence-corrected chi connectivity index (χ3v) is 3.19. The van der Waals surface area contributed by atoms with Crippen LogP contribution in [0.15, 0.2) is 16.5 Å². The Labute approximate surface area is 101 Å². The van der Waals surface area contributed by atoms with Gasteiger partial charge in [0.1, 0.15) is 5.76 Å². The Morgan fingerprint density at radius 2 is 2.18 bits per heavy atom. The minimum atomic E-state index is -0.676. The Hall–Kier alpha value is -1.29. The van der Waals surface area contributed by atoms with E-state index >= 15 is 0 Å². The number of carbonyl (C=O) groups excluding carboxylic acids is 1. The van der Waals surface area contributed by atoms with Crippen LogP contribution >= 0.6 is 0 Å². The number of hydrogen-bond acceptors (Lipinski definition) is 3. The van der Waals surface area contributed by atoms with Gasteiger partial charge in [0, 0.05) is 6.42 Å². The van der Waals surface area contributed by atoms with Crippen molar-refractivity contribution in [1.29, 1.82) is 0 Å². The molecule has 0 spiro atoms. The molecule has 1 fully saturated rings. The van der Waals surface area contributed by atoms with Crippen molar-refractivity contribution in [3.63, 3.8) is 0 Å². The average Bonchev–Trinajstić information content (AvgIpc) is 2.73. The number of amides is 1. The number of likely N-dealkylation sites (tertiary alicyclic amines) is 1. The van der Waals surface area contributed by atoms with E-state index < -0.39 is 5.60 Å². The molecule has 0 aromatic carbocycles. The number of carbonyl (C=O) groups is 1. The van der Waals surface area contributed by atoms with E-state index in [1.807, 2.05) is 19.9 Å². The number of aliphatic hydroxyl groups is 1. The molecule has 1 saturated heterocycles. The number of hydrogen-bond donors (Lipinski definition) is 1. The first-order valence-electron chi connectivity index (χ1n) is 6.18. The first kappa shape index (κ1) is 12.2. The van der Waals surface area contributed by atoms with Gasteiger partial charge in [-0.2, -0.15) is 0 Å². The van der Waals surface area contributed by atoms with Crippen molar-refractivity contribution in [1.82, 2.24) is 4.90 Å². The summed E-state index contributed by atoms with van der Waals surface area (Å²) < 4.78 is 5.41. The molecule has 0 bridgehead atoms. The Bertz CT molecular complexity index is 405. The number of β-amino-alcohol motifs (C(OH)–C–C–N with tert-alkyl or cyclic N) is 1. The second-order valence-electron chi connectivity index (χ2n) is 4.76. The van der Waals surface area contributed by atoms with Gasteiger partial charge < -0.3 is 14.4 Å². The van der Waals surface area contributed by atoms with Gasteiger partial charge in [0.05, 0.1) is 18.7 Å². The van der Waals surface area contributed by atoms with Gasteiger partial charge in [-0.15, -0.1) is 0 Å². The summed E-state index contributed by atoms with van der Waals surface area (Å²) >= 11 is 0. The Kier molecular flexibility index (Phi) is 3.24. The van der Waals surface area contributed by atoms with E-state index in [0.717, 1.165) is 25.0 Å². The lowest BCUT2D eigenvalue weighted by molar-refractivity contribution is -0.0868. The molecule has 4 nitrogen and oxygen atoms in total. The van der Waals surface area contributed by atoms with Crippen molar-refractivity contribution in [2.45, 2.75) is 38.7 Å². The molecule has 0 atom stereocenters. The summed E-state index contributed by atoms with van der Waals surface area (Å²) in [6, 6.07) is 3.53. The largest absolute Gasteiger partial charge is 0.456 e. The molecular weight excluding hydrogens is 218 g/mol. The van der Waals surface area contributed by atoms with E-state index in [1.54, 1.807) is 11.0 Å². The second-order valence-corrected chi connectivity index (χ2v) is 4.76. The normalized spacial score (nSPS) is 17.9. The molecule has 2 rings (SSSR count). The lowest BCUT2D eigenvalue weighted by Gasteiger charge is -2.46. The van der Waals surface area contributed by atoms with E-state index in [-0.39, 0.29) is 5.91 Å². The molecular formula is C13H19NO3. The van der Waals surface area contributed by atoms with Crippen molar-refractivity contribution in [2.75, 3.05) is 13.1 Å². The van der Waals surface area contributed by atoms with Gasteiger partial charge in [-0.1, -0.05) is 20.3 Å². The van der Waals surface area contributed by atoms with Gasteiger partial charge in [-0.25, -0.2) is 0 Å². The van der Waals surface area contributed by atoms with Crippen LogP contribution in [0, 0.1) is 0 Å². The lowest BCUT2D eigenvalue weighted by Crippen LogP contribution is -2.63. The van der Waals surface area contributed by atoms with Gasteiger partial charge in [-0.05, 0) is 18.6 Å². The van der Waals surface area contributed by atoms with Crippen LogP contribution in [0.2, 0.25) is 0 Å². The van der Waals surface area contributed by atoms with Crippen molar-refractivity contribution in [2.24, 2.45) is 0 Å². The van der Waals surface area contributed by atoms with E-state index in [0.29, 0.717) is 18.8 Å². The van der Waals surface area contributed by atoms with Crippen molar-refractivity contribution < 1.29 is 14.3 Å². The molecule has 0 aliphatic carbocycles. The first-order chi connectivity index (χ1) is 8.08. The fourth-order valence-electron chi connectivity index (χ4n) is 2.27. The van der Waals surface area contributed by atoms with Gasteiger partial charge in [-0.3, -0.25) is 4.79 Å².